The first-order valence-corrected chi connectivity index (χ1v) is 5.63. The molecular formula is C13H18N4. The van der Waals surface area contributed by atoms with Gasteiger partial charge in [-0.2, -0.15) is 0 Å². The molecule has 0 bridgehead atoms. The molecule has 0 fully saturated rings. The van der Waals surface area contributed by atoms with Gasteiger partial charge in [-0.25, -0.2) is 10.4 Å². The molecule has 4 nitrogen and oxygen atoms in total. The summed E-state index contributed by atoms with van der Waals surface area (Å²) in [5.74, 6) is 5.69. The molecule has 3 N–H and O–H groups in total. The summed E-state index contributed by atoms with van der Waals surface area (Å²) in [6.45, 7) is 4.18. The van der Waals surface area contributed by atoms with Crippen molar-refractivity contribution >= 4 is 0 Å². The summed E-state index contributed by atoms with van der Waals surface area (Å²) in [7, 11) is 1.97. The van der Waals surface area contributed by atoms with Crippen molar-refractivity contribution in [3.8, 4) is 0 Å². The summed E-state index contributed by atoms with van der Waals surface area (Å²) in [5.41, 5.74) is 7.57. The molecule has 0 saturated heterocycles. The first kappa shape index (κ1) is 11.8. The van der Waals surface area contributed by atoms with E-state index in [1.165, 1.54) is 16.7 Å². The minimum Gasteiger partial charge on any atom is -0.336 e. The lowest BCUT2D eigenvalue weighted by molar-refractivity contribution is 0.594. The lowest BCUT2D eigenvalue weighted by Crippen LogP contribution is -2.30. The Labute approximate surface area is 101 Å². The fraction of sp³-hybridized carbons (Fsp3) is 0.308. The van der Waals surface area contributed by atoms with E-state index in [0.29, 0.717) is 0 Å². The largest absolute Gasteiger partial charge is 0.336 e. The number of aromatic nitrogens is 2. The number of nitrogens with one attached hydrogen (secondary N) is 1. The Hall–Kier alpha value is -1.65. The average Bonchev–Trinajstić information content (AvgIpc) is 2.71. The third-order valence-corrected chi connectivity index (χ3v) is 3.06. The van der Waals surface area contributed by atoms with E-state index >= 15 is 0 Å². The van der Waals surface area contributed by atoms with Crippen LogP contribution in [0.2, 0.25) is 0 Å². The zero-order chi connectivity index (χ0) is 12.4. The quantitative estimate of drug-likeness (QED) is 0.622. The lowest BCUT2D eigenvalue weighted by atomic mass is 9.97. The summed E-state index contributed by atoms with van der Waals surface area (Å²) in [4.78, 5) is 4.14. The van der Waals surface area contributed by atoms with Crippen molar-refractivity contribution in [3.05, 3.63) is 53.1 Å². The van der Waals surface area contributed by atoms with E-state index in [1.807, 2.05) is 17.8 Å². The third kappa shape index (κ3) is 2.23. The van der Waals surface area contributed by atoms with Gasteiger partial charge in [-0.1, -0.05) is 23.8 Å². The van der Waals surface area contributed by atoms with E-state index in [0.717, 1.165) is 5.69 Å². The van der Waals surface area contributed by atoms with Gasteiger partial charge in [0.2, 0.25) is 0 Å². The van der Waals surface area contributed by atoms with Crippen molar-refractivity contribution in [2.24, 2.45) is 12.9 Å². The van der Waals surface area contributed by atoms with Crippen LogP contribution >= 0.6 is 0 Å². The maximum Gasteiger partial charge on any atom is 0.0946 e. The molecule has 1 aromatic heterocycles. The van der Waals surface area contributed by atoms with Crippen molar-refractivity contribution in [3.63, 3.8) is 0 Å². The van der Waals surface area contributed by atoms with E-state index in [4.69, 9.17) is 5.84 Å². The summed E-state index contributed by atoms with van der Waals surface area (Å²) in [6, 6.07) is 6.36. The summed E-state index contributed by atoms with van der Waals surface area (Å²) >= 11 is 0. The van der Waals surface area contributed by atoms with E-state index in [2.05, 4.69) is 42.5 Å². The highest BCUT2D eigenvalue weighted by Crippen LogP contribution is 2.24. The minimum atomic E-state index is -0.0256. The van der Waals surface area contributed by atoms with E-state index in [-0.39, 0.29) is 6.04 Å². The zero-order valence-electron chi connectivity index (χ0n) is 10.4. The Morgan fingerprint density at radius 2 is 2.12 bits per heavy atom. The number of nitrogens with zero attached hydrogens (tertiary/aromatic N) is 2. The Bertz CT molecular complexity index is 516. The van der Waals surface area contributed by atoms with Gasteiger partial charge in [0.25, 0.3) is 0 Å². The molecule has 90 valence electrons. The highest BCUT2D eigenvalue weighted by molar-refractivity contribution is 5.36. The standard InChI is InChI=1S/C13H18N4/c1-9-4-5-10(2)11(6-9)13(16-14)12-7-15-8-17(12)3/h4-8,13,16H,14H2,1-3H3. The molecule has 1 aromatic carbocycles. The molecule has 0 aliphatic carbocycles. The molecule has 1 atom stereocenters. The molecule has 0 radical (unpaired) electrons. The smallest absolute Gasteiger partial charge is 0.0946 e. The molecule has 0 amide bonds. The molecule has 2 aromatic rings. The van der Waals surface area contributed by atoms with Crippen LogP contribution in [-0.4, -0.2) is 9.55 Å². The molecule has 1 unspecified atom stereocenters. The molecule has 0 aliphatic heterocycles. The number of hydrazine groups is 1. The SMILES string of the molecule is Cc1ccc(C)c(C(NN)c2cncn2C)c1. The second-order valence-corrected chi connectivity index (χ2v) is 4.39. The van der Waals surface area contributed by atoms with E-state index in [1.54, 1.807) is 6.33 Å². The number of hydrogen-bond acceptors (Lipinski definition) is 3. The van der Waals surface area contributed by atoms with E-state index < -0.39 is 0 Å². The number of imidazole rings is 1. The molecule has 0 spiro atoms. The van der Waals surface area contributed by atoms with Crippen LogP contribution in [-0.2, 0) is 7.05 Å². The van der Waals surface area contributed by atoms with Crippen LogP contribution in [0.5, 0.6) is 0 Å². The number of hydrogen-bond donors (Lipinski definition) is 2. The van der Waals surface area contributed by atoms with Gasteiger partial charge in [0.05, 0.1) is 24.3 Å². The van der Waals surface area contributed by atoms with Gasteiger partial charge < -0.3 is 4.57 Å². The van der Waals surface area contributed by atoms with Crippen LogP contribution < -0.4 is 11.3 Å². The van der Waals surface area contributed by atoms with Gasteiger partial charge in [-0.3, -0.25) is 5.84 Å². The fourth-order valence-corrected chi connectivity index (χ4v) is 2.05. The van der Waals surface area contributed by atoms with Crippen molar-refractivity contribution in [1.29, 1.82) is 0 Å². The topological polar surface area (TPSA) is 55.9 Å². The molecule has 4 heteroatoms. The lowest BCUT2D eigenvalue weighted by Gasteiger charge is -2.19. The fourth-order valence-electron chi connectivity index (χ4n) is 2.05. The maximum absolute atomic E-state index is 5.69. The van der Waals surface area contributed by atoms with Gasteiger partial charge in [0.15, 0.2) is 0 Å². The van der Waals surface area contributed by atoms with Gasteiger partial charge in [0, 0.05) is 7.05 Å². The third-order valence-electron chi connectivity index (χ3n) is 3.06. The number of nitrogens with two attached hydrogens (primary N) is 1. The van der Waals surface area contributed by atoms with E-state index in [9.17, 15) is 0 Å². The van der Waals surface area contributed by atoms with Crippen molar-refractivity contribution < 1.29 is 0 Å². The average molecular weight is 230 g/mol. The highest BCUT2D eigenvalue weighted by Gasteiger charge is 2.17. The summed E-state index contributed by atoms with van der Waals surface area (Å²) in [6.07, 6.45) is 3.62. The van der Waals surface area contributed by atoms with Gasteiger partial charge in [-0.15, -0.1) is 0 Å². The van der Waals surface area contributed by atoms with Crippen LogP contribution in [0.4, 0.5) is 0 Å². The molecule has 1 heterocycles. The van der Waals surface area contributed by atoms with Gasteiger partial charge in [-0.05, 0) is 25.0 Å². The van der Waals surface area contributed by atoms with Crippen molar-refractivity contribution in [2.75, 3.05) is 0 Å². The molecule has 0 saturated carbocycles. The monoisotopic (exact) mass is 230 g/mol. The maximum atomic E-state index is 5.69. The second kappa shape index (κ2) is 4.69. The first-order chi connectivity index (χ1) is 8.13. The van der Waals surface area contributed by atoms with Crippen molar-refractivity contribution in [2.45, 2.75) is 19.9 Å². The second-order valence-electron chi connectivity index (χ2n) is 4.39. The predicted octanol–water partition coefficient (Wildman–Crippen LogP) is 1.59. The van der Waals surface area contributed by atoms with Crippen LogP contribution in [0.3, 0.4) is 0 Å². The van der Waals surface area contributed by atoms with Crippen molar-refractivity contribution in [1.82, 2.24) is 15.0 Å². The van der Waals surface area contributed by atoms with Gasteiger partial charge >= 0.3 is 0 Å². The summed E-state index contributed by atoms with van der Waals surface area (Å²) < 4.78 is 1.98. The molecular weight excluding hydrogens is 212 g/mol. The predicted molar refractivity (Wildman–Crippen MR) is 68.3 cm³/mol. The molecule has 17 heavy (non-hydrogen) atoms. The Morgan fingerprint density at radius 1 is 1.35 bits per heavy atom. The Kier molecular flexibility index (Phi) is 3.26. The van der Waals surface area contributed by atoms with Gasteiger partial charge in [0.1, 0.15) is 0 Å². The first-order valence-electron chi connectivity index (χ1n) is 5.63. The Morgan fingerprint density at radius 3 is 2.71 bits per heavy atom. The molecule has 2 rings (SSSR count). The van der Waals surface area contributed by atoms with Crippen LogP contribution in [0, 0.1) is 13.8 Å². The zero-order valence-corrected chi connectivity index (χ0v) is 10.4. The van der Waals surface area contributed by atoms with Crippen LogP contribution in [0.25, 0.3) is 0 Å². The Balaban J connectivity index is 2.49. The highest BCUT2D eigenvalue weighted by atomic mass is 15.2. The van der Waals surface area contributed by atoms with Crippen LogP contribution in [0.15, 0.2) is 30.7 Å². The number of rotatable bonds is 3. The normalized spacial score (nSPS) is 12.7. The summed E-state index contributed by atoms with van der Waals surface area (Å²) in [5, 5.41) is 0. The van der Waals surface area contributed by atoms with Crippen LogP contribution in [0.1, 0.15) is 28.4 Å². The molecule has 0 aliphatic rings. The minimum absolute atomic E-state index is 0.0256. The number of aryl methyl sites for hydroxylation is 3. The number of benzene rings is 1.